The number of aromatic nitrogens is 2. The molecule has 1 aromatic carbocycles. The second-order valence-electron chi connectivity index (χ2n) is 6.27. The second kappa shape index (κ2) is 7.47. The van der Waals surface area contributed by atoms with Gasteiger partial charge in [-0.1, -0.05) is 23.8 Å². The molecule has 0 fully saturated rings. The van der Waals surface area contributed by atoms with Crippen LogP contribution in [0.5, 0.6) is 0 Å². The number of nitrogens with one attached hydrogen (secondary N) is 2. The van der Waals surface area contributed by atoms with Gasteiger partial charge in [0.05, 0.1) is 24.2 Å². The van der Waals surface area contributed by atoms with Crippen molar-refractivity contribution in [2.24, 2.45) is 0 Å². The first-order valence-electron chi connectivity index (χ1n) is 8.15. The summed E-state index contributed by atoms with van der Waals surface area (Å²) in [6.45, 7) is 3.66. The van der Waals surface area contributed by atoms with Crippen molar-refractivity contribution in [1.29, 1.82) is 0 Å². The number of likely N-dealkylation sites (N-methyl/N-ethyl adjacent to an activating group) is 1. The van der Waals surface area contributed by atoms with Crippen molar-refractivity contribution < 1.29 is 4.42 Å². The largest absolute Gasteiger partial charge is 0.468 e. The van der Waals surface area contributed by atoms with Crippen LogP contribution in [0.25, 0.3) is 11.3 Å². The molecular weight excluding hydrogens is 300 g/mol. The van der Waals surface area contributed by atoms with Crippen LogP contribution in [0.3, 0.4) is 0 Å². The Kier molecular flexibility index (Phi) is 5.13. The molecule has 0 spiro atoms. The Labute approximate surface area is 142 Å². The van der Waals surface area contributed by atoms with Crippen LogP contribution in [0.1, 0.15) is 22.9 Å². The number of aryl methyl sites for hydroxylation is 1. The van der Waals surface area contributed by atoms with Crippen molar-refractivity contribution in [2.45, 2.75) is 19.5 Å². The highest BCUT2D eigenvalue weighted by Gasteiger charge is 2.17. The minimum absolute atomic E-state index is 0.203. The van der Waals surface area contributed by atoms with E-state index in [1.807, 2.05) is 18.3 Å². The lowest BCUT2D eigenvalue weighted by Crippen LogP contribution is -2.30. The lowest BCUT2D eigenvalue weighted by atomic mass is 10.1. The summed E-state index contributed by atoms with van der Waals surface area (Å²) in [7, 11) is 4.12. The van der Waals surface area contributed by atoms with E-state index < -0.39 is 0 Å². The molecule has 0 saturated carbocycles. The van der Waals surface area contributed by atoms with E-state index in [0.717, 1.165) is 30.1 Å². The van der Waals surface area contributed by atoms with Crippen LogP contribution in [-0.4, -0.2) is 35.7 Å². The molecule has 1 unspecified atom stereocenters. The molecule has 0 bridgehead atoms. The number of aromatic amines is 1. The summed E-state index contributed by atoms with van der Waals surface area (Å²) < 4.78 is 5.55. The van der Waals surface area contributed by atoms with Crippen LogP contribution in [0.4, 0.5) is 0 Å². The number of H-pyrrole nitrogens is 1. The van der Waals surface area contributed by atoms with E-state index in [1.54, 1.807) is 6.26 Å². The highest BCUT2D eigenvalue weighted by Crippen LogP contribution is 2.22. The smallest absolute Gasteiger partial charge is 0.122 e. The summed E-state index contributed by atoms with van der Waals surface area (Å²) in [6.07, 6.45) is 3.61. The maximum atomic E-state index is 5.55. The van der Waals surface area contributed by atoms with Crippen LogP contribution >= 0.6 is 0 Å². The van der Waals surface area contributed by atoms with Gasteiger partial charge in [-0.25, -0.2) is 0 Å². The van der Waals surface area contributed by atoms with Gasteiger partial charge >= 0.3 is 0 Å². The molecule has 3 rings (SSSR count). The number of rotatable bonds is 7. The molecule has 5 heteroatoms. The zero-order valence-corrected chi connectivity index (χ0v) is 14.4. The predicted molar refractivity (Wildman–Crippen MR) is 95.6 cm³/mol. The van der Waals surface area contributed by atoms with Gasteiger partial charge in [0.1, 0.15) is 5.76 Å². The number of furan rings is 1. The van der Waals surface area contributed by atoms with Crippen LogP contribution in [-0.2, 0) is 6.54 Å². The molecule has 0 saturated heterocycles. The summed E-state index contributed by atoms with van der Waals surface area (Å²) >= 11 is 0. The minimum Gasteiger partial charge on any atom is -0.468 e. The molecule has 126 valence electrons. The molecule has 2 heterocycles. The molecule has 5 nitrogen and oxygen atoms in total. The molecule has 0 amide bonds. The van der Waals surface area contributed by atoms with Crippen molar-refractivity contribution in [3.63, 3.8) is 0 Å². The Bertz CT molecular complexity index is 761. The maximum absolute atomic E-state index is 5.55. The van der Waals surface area contributed by atoms with Gasteiger partial charge < -0.3 is 9.73 Å². The zero-order valence-electron chi connectivity index (χ0n) is 14.4. The van der Waals surface area contributed by atoms with Crippen molar-refractivity contribution >= 4 is 0 Å². The summed E-state index contributed by atoms with van der Waals surface area (Å²) in [5.41, 5.74) is 4.65. The molecule has 3 aromatic rings. The fourth-order valence-electron chi connectivity index (χ4n) is 2.86. The van der Waals surface area contributed by atoms with E-state index in [9.17, 15) is 0 Å². The first kappa shape index (κ1) is 16.5. The van der Waals surface area contributed by atoms with Crippen LogP contribution in [0.2, 0.25) is 0 Å². The Hall–Kier alpha value is -2.37. The summed E-state index contributed by atoms with van der Waals surface area (Å²) in [5, 5.41) is 10.9. The quantitative estimate of drug-likeness (QED) is 0.699. The zero-order chi connectivity index (χ0) is 16.9. The van der Waals surface area contributed by atoms with E-state index in [2.05, 4.69) is 65.7 Å². The fraction of sp³-hybridized carbons (Fsp3) is 0.316. The molecule has 0 radical (unpaired) electrons. The average molecular weight is 324 g/mol. The van der Waals surface area contributed by atoms with E-state index in [0.29, 0.717) is 0 Å². The van der Waals surface area contributed by atoms with Gasteiger partial charge in [-0.05, 0) is 39.2 Å². The van der Waals surface area contributed by atoms with Gasteiger partial charge in [0, 0.05) is 24.2 Å². The van der Waals surface area contributed by atoms with Crippen molar-refractivity contribution in [3.05, 3.63) is 65.7 Å². The number of hydrogen-bond acceptors (Lipinski definition) is 4. The van der Waals surface area contributed by atoms with Crippen molar-refractivity contribution in [3.8, 4) is 11.3 Å². The highest BCUT2D eigenvalue weighted by atomic mass is 16.3. The van der Waals surface area contributed by atoms with Crippen LogP contribution in [0, 0.1) is 6.92 Å². The Morgan fingerprint density at radius 2 is 2.12 bits per heavy atom. The van der Waals surface area contributed by atoms with E-state index >= 15 is 0 Å². The molecule has 2 aromatic heterocycles. The lowest BCUT2D eigenvalue weighted by Gasteiger charge is -2.22. The monoisotopic (exact) mass is 324 g/mol. The number of hydrogen-bond donors (Lipinski definition) is 2. The van der Waals surface area contributed by atoms with Gasteiger partial charge in [0.25, 0.3) is 0 Å². The number of nitrogens with zero attached hydrogens (tertiary/aromatic N) is 2. The van der Waals surface area contributed by atoms with Crippen molar-refractivity contribution in [1.82, 2.24) is 20.4 Å². The SMILES string of the molecule is Cc1cccc(-c2[nH]ncc2CNCC(c2ccco2)N(C)C)c1. The summed E-state index contributed by atoms with van der Waals surface area (Å²) in [4.78, 5) is 2.16. The van der Waals surface area contributed by atoms with Crippen LogP contribution in [0.15, 0.2) is 53.3 Å². The number of benzene rings is 1. The fourth-order valence-corrected chi connectivity index (χ4v) is 2.86. The second-order valence-corrected chi connectivity index (χ2v) is 6.27. The first-order chi connectivity index (χ1) is 11.6. The average Bonchev–Trinajstić information content (AvgIpc) is 3.23. The van der Waals surface area contributed by atoms with Gasteiger partial charge in [-0.2, -0.15) is 5.10 Å². The van der Waals surface area contributed by atoms with Crippen LogP contribution < -0.4 is 5.32 Å². The van der Waals surface area contributed by atoms with E-state index in [4.69, 9.17) is 4.42 Å². The van der Waals surface area contributed by atoms with Gasteiger partial charge in [-0.15, -0.1) is 0 Å². The minimum atomic E-state index is 0.203. The molecule has 2 N–H and O–H groups in total. The topological polar surface area (TPSA) is 57.1 Å². The molecule has 0 aliphatic carbocycles. The van der Waals surface area contributed by atoms with Gasteiger partial charge in [0.15, 0.2) is 0 Å². The summed E-state index contributed by atoms with van der Waals surface area (Å²) in [5.74, 6) is 0.971. The molecule has 0 aliphatic heterocycles. The van der Waals surface area contributed by atoms with E-state index in [1.165, 1.54) is 11.1 Å². The molecular formula is C19H24N4O. The Balaban J connectivity index is 1.66. The van der Waals surface area contributed by atoms with E-state index in [-0.39, 0.29) is 6.04 Å². The van der Waals surface area contributed by atoms with Crippen molar-refractivity contribution in [2.75, 3.05) is 20.6 Å². The van der Waals surface area contributed by atoms with Gasteiger partial charge in [-0.3, -0.25) is 10.00 Å². The normalized spacial score (nSPS) is 12.7. The maximum Gasteiger partial charge on any atom is 0.122 e. The highest BCUT2D eigenvalue weighted by molar-refractivity contribution is 5.63. The molecule has 1 atom stereocenters. The standard InChI is InChI=1S/C19H24N4O/c1-14-6-4-7-15(10-14)19-16(12-21-22-19)11-20-13-17(23(2)3)18-8-5-9-24-18/h4-10,12,17,20H,11,13H2,1-3H3,(H,21,22). The lowest BCUT2D eigenvalue weighted by molar-refractivity contribution is 0.250. The third kappa shape index (κ3) is 3.75. The Morgan fingerprint density at radius 3 is 2.83 bits per heavy atom. The summed E-state index contributed by atoms with van der Waals surface area (Å²) in [6, 6.07) is 12.6. The predicted octanol–water partition coefficient (Wildman–Crippen LogP) is 3.37. The third-order valence-electron chi connectivity index (χ3n) is 4.17. The van der Waals surface area contributed by atoms with Gasteiger partial charge in [0.2, 0.25) is 0 Å². The molecule has 24 heavy (non-hydrogen) atoms. The molecule has 0 aliphatic rings. The Morgan fingerprint density at radius 1 is 1.25 bits per heavy atom. The first-order valence-corrected chi connectivity index (χ1v) is 8.15. The third-order valence-corrected chi connectivity index (χ3v) is 4.17.